The van der Waals surface area contributed by atoms with Crippen LogP contribution in [0.1, 0.15) is 36.6 Å². The van der Waals surface area contributed by atoms with Crippen LogP contribution in [0.25, 0.3) is 0 Å². The van der Waals surface area contributed by atoms with Gasteiger partial charge in [0.15, 0.2) is 5.76 Å². The molecular weight excluding hydrogens is 296 g/mol. The first kappa shape index (κ1) is 14.7. The number of hydrogen-bond acceptors (Lipinski definition) is 5. The third-order valence-corrected chi connectivity index (χ3v) is 5.11. The summed E-state index contributed by atoms with van der Waals surface area (Å²) in [5.74, 6) is 1.38. The molecule has 124 valence electrons. The van der Waals surface area contributed by atoms with Crippen molar-refractivity contribution in [3.8, 4) is 0 Å². The standard InChI is InChI=1S/C16H22N4O3/c1-17-16(22)11-4-15(21)20(6-11)12-7-19(8-12)9-13-5-14(18-23-13)10-2-3-10/h5,10-12H,2-4,6-9H2,1H3,(H,17,22). The summed E-state index contributed by atoms with van der Waals surface area (Å²) in [6.07, 6.45) is 2.78. The second-order valence-electron chi connectivity index (χ2n) is 6.90. The van der Waals surface area contributed by atoms with Crippen molar-refractivity contribution in [1.82, 2.24) is 20.3 Å². The summed E-state index contributed by atoms with van der Waals surface area (Å²) in [6.45, 7) is 2.97. The predicted octanol–water partition coefficient (Wildman–Crippen LogP) is 0.331. The molecule has 1 saturated carbocycles. The van der Waals surface area contributed by atoms with Crippen LogP contribution in [0.15, 0.2) is 10.6 Å². The molecule has 1 aliphatic carbocycles. The lowest BCUT2D eigenvalue weighted by atomic mass is 10.1. The monoisotopic (exact) mass is 318 g/mol. The fraction of sp³-hybridized carbons (Fsp3) is 0.688. The van der Waals surface area contributed by atoms with Crippen LogP contribution >= 0.6 is 0 Å². The molecule has 23 heavy (non-hydrogen) atoms. The topological polar surface area (TPSA) is 78.7 Å². The molecule has 1 atom stereocenters. The Balaban J connectivity index is 1.27. The van der Waals surface area contributed by atoms with E-state index in [1.807, 2.05) is 4.90 Å². The maximum absolute atomic E-state index is 12.1. The van der Waals surface area contributed by atoms with Gasteiger partial charge in [-0.15, -0.1) is 0 Å². The van der Waals surface area contributed by atoms with E-state index >= 15 is 0 Å². The van der Waals surface area contributed by atoms with Gasteiger partial charge in [-0.25, -0.2) is 0 Å². The third kappa shape index (κ3) is 2.85. The molecule has 1 aromatic rings. The van der Waals surface area contributed by atoms with Crippen molar-refractivity contribution in [2.45, 2.75) is 37.8 Å². The van der Waals surface area contributed by atoms with Gasteiger partial charge in [0.25, 0.3) is 0 Å². The summed E-state index contributed by atoms with van der Waals surface area (Å²) in [7, 11) is 1.62. The molecule has 7 nitrogen and oxygen atoms in total. The lowest BCUT2D eigenvalue weighted by molar-refractivity contribution is -0.133. The molecule has 3 aliphatic rings. The van der Waals surface area contributed by atoms with E-state index in [9.17, 15) is 9.59 Å². The molecule has 2 saturated heterocycles. The molecule has 3 heterocycles. The van der Waals surface area contributed by atoms with Crippen molar-refractivity contribution in [2.75, 3.05) is 26.7 Å². The van der Waals surface area contributed by atoms with E-state index in [1.54, 1.807) is 7.05 Å². The van der Waals surface area contributed by atoms with Crippen LogP contribution in [0.5, 0.6) is 0 Å². The average Bonchev–Trinajstić information content (AvgIpc) is 3.14. The first-order chi connectivity index (χ1) is 11.1. The van der Waals surface area contributed by atoms with Crippen molar-refractivity contribution < 1.29 is 14.1 Å². The number of hydrogen-bond donors (Lipinski definition) is 1. The van der Waals surface area contributed by atoms with Gasteiger partial charge in [0.1, 0.15) is 0 Å². The van der Waals surface area contributed by atoms with Crippen LogP contribution in [0.3, 0.4) is 0 Å². The highest BCUT2D eigenvalue weighted by atomic mass is 16.5. The Kier molecular flexibility index (Phi) is 3.60. The van der Waals surface area contributed by atoms with Crippen LogP contribution in [0, 0.1) is 5.92 Å². The maximum Gasteiger partial charge on any atom is 0.225 e. The number of rotatable bonds is 5. The Morgan fingerprint density at radius 2 is 2.17 bits per heavy atom. The van der Waals surface area contributed by atoms with Gasteiger partial charge in [-0.2, -0.15) is 0 Å². The summed E-state index contributed by atoms with van der Waals surface area (Å²) in [4.78, 5) is 27.9. The third-order valence-electron chi connectivity index (χ3n) is 5.11. The smallest absolute Gasteiger partial charge is 0.225 e. The van der Waals surface area contributed by atoms with Gasteiger partial charge in [-0.05, 0) is 12.8 Å². The van der Waals surface area contributed by atoms with Crippen LogP contribution in [0.2, 0.25) is 0 Å². The molecule has 2 aliphatic heterocycles. The molecule has 0 radical (unpaired) electrons. The van der Waals surface area contributed by atoms with Gasteiger partial charge in [0, 0.05) is 45.1 Å². The molecule has 7 heteroatoms. The molecule has 0 bridgehead atoms. The number of likely N-dealkylation sites (tertiary alicyclic amines) is 2. The molecule has 1 unspecified atom stereocenters. The number of aromatic nitrogens is 1. The van der Waals surface area contributed by atoms with E-state index in [-0.39, 0.29) is 23.8 Å². The SMILES string of the molecule is CNC(=O)C1CC(=O)N(C2CN(Cc3cc(C4CC4)no3)C2)C1. The van der Waals surface area contributed by atoms with Crippen molar-refractivity contribution in [3.05, 3.63) is 17.5 Å². The van der Waals surface area contributed by atoms with Crippen LogP contribution in [-0.2, 0) is 16.1 Å². The Hall–Kier alpha value is -1.89. The minimum Gasteiger partial charge on any atom is -0.360 e. The van der Waals surface area contributed by atoms with Crippen molar-refractivity contribution >= 4 is 11.8 Å². The zero-order chi connectivity index (χ0) is 16.0. The minimum absolute atomic E-state index is 0.0358. The Morgan fingerprint density at radius 3 is 2.87 bits per heavy atom. The average molecular weight is 318 g/mol. The zero-order valence-electron chi connectivity index (χ0n) is 13.3. The normalized spacial score (nSPS) is 25.7. The summed E-state index contributed by atoms with van der Waals surface area (Å²) >= 11 is 0. The van der Waals surface area contributed by atoms with E-state index in [0.717, 1.165) is 31.1 Å². The lowest BCUT2D eigenvalue weighted by Crippen LogP contribution is -2.59. The fourth-order valence-electron chi connectivity index (χ4n) is 3.53. The summed E-state index contributed by atoms with van der Waals surface area (Å²) in [5, 5.41) is 6.76. The highest BCUT2D eigenvalue weighted by Gasteiger charge is 2.42. The lowest BCUT2D eigenvalue weighted by Gasteiger charge is -2.43. The summed E-state index contributed by atoms with van der Waals surface area (Å²) in [6, 6.07) is 2.29. The predicted molar refractivity (Wildman–Crippen MR) is 81.4 cm³/mol. The quantitative estimate of drug-likeness (QED) is 0.846. The minimum atomic E-state index is -0.197. The van der Waals surface area contributed by atoms with Gasteiger partial charge < -0.3 is 14.7 Å². The van der Waals surface area contributed by atoms with E-state index in [0.29, 0.717) is 18.9 Å². The second-order valence-corrected chi connectivity index (χ2v) is 6.90. The van der Waals surface area contributed by atoms with Gasteiger partial charge in [0.2, 0.25) is 11.8 Å². The summed E-state index contributed by atoms with van der Waals surface area (Å²) < 4.78 is 5.39. The Bertz CT molecular complexity index is 619. The number of carbonyl (C=O) groups excluding carboxylic acids is 2. The van der Waals surface area contributed by atoms with Crippen molar-refractivity contribution in [2.24, 2.45) is 5.92 Å². The molecule has 3 fully saturated rings. The molecule has 0 aromatic carbocycles. The zero-order valence-corrected chi connectivity index (χ0v) is 13.3. The number of carbonyl (C=O) groups is 2. The first-order valence-corrected chi connectivity index (χ1v) is 8.33. The largest absolute Gasteiger partial charge is 0.360 e. The molecule has 0 spiro atoms. The van der Waals surface area contributed by atoms with Crippen LogP contribution in [0.4, 0.5) is 0 Å². The number of nitrogens with one attached hydrogen (secondary N) is 1. The van der Waals surface area contributed by atoms with E-state index in [4.69, 9.17) is 4.52 Å². The molecule has 1 aromatic heterocycles. The first-order valence-electron chi connectivity index (χ1n) is 8.33. The van der Waals surface area contributed by atoms with Gasteiger partial charge in [0.05, 0.1) is 24.2 Å². The van der Waals surface area contributed by atoms with Crippen molar-refractivity contribution in [1.29, 1.82) is 0 Å². The molecule has 4 rings (SSSR count). The van der Waals surface area contributed by atoms with Crippen LogP contribution < -0.4 is 5.32 Å². The fourth-order valence-corrected chi connectivity index (χ4v) is 3.53. The highest BCUT2D eigenvalue weighted by molar-refractivity contribution is 5.89. The summed E-state index contributed by atoms with van der Waals surface area (Å²) in [5.41, 5.74) is 1.08. The second kappa shape index (κ2) is 5.63. The Labute approximate surface area is 135 Å². The van der Waals surface area contributed by atoms with E-state index in [2.05, 4.69) is 21.4 Å². The molecular formula is C16H22N4O3. The van der Waals surface area contributed by atoms with Crippen molar-refractivity contribution in [3.63, 3.8) is 0 Å². The van der Waals surface area contributed by atoms with E-state index < -0.39 is 0 Å². The van der Waals surface area contributed by atoms with E-state index in [1.165, 1.54) is 12.8 Å². The Morgan fingerprint density at radius 1 is 1.39 bits per heavy atom. The molecule has 1 N–H and O–H groups in total. The number of amides is 2. The van der Waals surface area contributed by atoms with Gasteiger partial charge in [-0.1, -0.05) is 5.16 Å². The maximum atomic E-state index is 12.1. The highest BCUT2D eigenvalue weighted by Crippen LogP contribution is 2.39. The molecule has 2 amide bonds. The van der Waals surface area contributed by atoms with Gasteiger partial charge >= 0.3 is 0 Å². The van der Waals surface area contributed by atoms with Gasteiger partial charge in [-0.3, -0.25) is 14.5 Å². The number of nitrogens with zero attached hydrogens (tertiary/aromatic N) is 3. The van der Waals surface area contributed by atoms with Crippen LogP contribution in [-0.4, -0.2) is 59.5 Å².